The summed E-state index contributed by atoms with van der Waals surface area (Å²) in [5.74, 6) is 0. The van der Waals surface area contributed by atoms with Crippen molar-refractivity contribution in [1.82, 2.24) is 9.88 Å². The Morgan fingerprint density at radius 2 is 2.44 bits per heavy atom. The van der Waals surface area contributed by atoms with Crippen LogP contribution in [0.1, 0.15) is 42.1 Å². The minimum absolute atomic E-state index is 0.121. The van der Waals surface area contributed by atoms with Gasteiger partial charge in [0.05, 0.1) is 5.01 Å². The summed E-state index contributed by atoms with van der Waals surface area (Å²) >= 11 is 1.77. The Morgan fingerprint density at radius 3 is 3.06 bits per heavy atom. The molecule has 1 aliphatic rings. The molecule has 1 fully saturated rings. The zero-order chi connectivity index (χ0) is 11.5. The van der Waals surface area contributed by atoms with Crippen LogP contribution >= 0.6 is 11.3 Å². The van der Waals surface area contributed by atoms with Gasteiger partial charge in [0, 0.05) is 29.6 Å². The van der Waals surface area contributed by atoms with Crippen LogP contribution in [0.2, 0.25) is 0 Å². The summed E-state index contributed by atoms with van der Waals surface area (Å²) in [6.07, 6.45) is 7.04. The van der Waals surface area contributed by atoms with Gasteiger partial charge >= 0.3 is 0 Å². The molecular formula is C12H21N3S. The minimum atomic E-state index is 0.121. The first kappa shape index (κ1) is 12.0. The van der Waals surface area contributed by atoms with Gasteiger partial charge in [-0.1, -0.05) is 6.42 Å². The summed E-state index contributed by atoms with van der Waals surface area (Å²) < 4.78 is 0. The largest absolute Gasteiger partial charge is 0.323 e. The molecule has 16 heavy (non-hydrogen) atoms. The Bertz CT molecular complexity index is 335. The highest BCUT2D eigenvalue weighted by Gasteiger charge is 2.20. The van der Waals surface area contributed by atoms with Crippen molar-refractivity contribution >= 4 is 11.3 Å². The maximum absolute atomic E-state index is 5.85. The minimum Gasteiger partial charge on any atom is -0.323 e. The molecule has 3 nitrogen and oxygen atoms in total. The molecule has 0 bridgehead atoms. The molecule has 1 aromatic rings. The van der Waals surface area contributed by atoms with Crippen LogP contribution < -0.4 is 5.73 Å². The zero-order valence-corrected chi connectivity index (χ0v) is 11.0. The first-order valence-corrected chi connectivity index (χ1v) is 6.89. The molecule has 1 aliphatic heterocycles. The highest BCUT2D eigenvalue weighted by atomic mass is 32.1. The Morgan fingerprint density at radius 1 is 1.62 bits per heavy atom. The molecule has 2 heterocycles. The normalized spacial score (nSPS) is 24.6. The number of hydrogen-bond donors (Lipinski definition) is 1. The summed E-state index contributed by atoms with van der Waals surface area (Å²) in [5, 5.41) is 1.24. The van der Waals surface area contributed by atoms with Crippen LogP contribution in [0.15, 0.2) is 6.20 Å². The van der Waals surface area contributed by atoms with E-state index in [2.05, 4.69) is 16.9 Å². The zero-order valence-electron chi connectivity index (χ0n) is 10.1. The summed E-state index contributed by atoms with van der Waals surface area (Å²) in [5.41, 5.74) is 5.85. The van der Waals surface area contributed by atoms with Gasteiger partial charge in [-0.05, 0) is 33.4 Å². The van der Waals surface area contributed by atoms with E-state index >= 15 is 0 Å². The lowest BCUT2D eigenvalue weighted by Crippen LogP contribution is -2.37. The number of hydrogen-bond acceptors (Lipinski definition) is 4. The molecule has 0 spiro atoms. The van der Waals surface area contributed by atoms with Crippen LogP contribution in [0.4, 0.5) is 0 Å². The molecule has 2 atom stereocenters. The molecule has 0 aromatic carbocycles. The highest BCUT2D eigenvalue weighted by molar-refractivity contribution is 7.11. The molecule has 2 rings (SSSR count). The van der Waals surface area contributed by atoms with E-state index < -0.39 is 0 Å². The van der Waals surface area contributed by atoms with E-state index in [0.717, 1.165) is 6.42 Å². The third-order valence-electron chi connectivity index (χ3n) is 3.35. The number of piperidine rings is 1. The fourth-order valence-electron chi connectivity index (χ4n) is 2.23. The molecule has 0 radical (unpaired) electrons. The van der Waals surface area contributed by atoms with Crippen molar-refractivity contribution in [3.8, 4) is 0 Å². The number of rotatable bonds is 3. The highest BCUT2D eigenvalue weighted by Crippen LogP contribution is 2.24. The topological polar surface area (TPSA) is 42.1 Å². The maximum atomic E-state index is 5.85. The number of aromatic nitrogens is 1. The van der Waals surface area contributed by atoms with Gasteiger partial charge in [-0.15, -0.1) is 11.3 Å². The van der Waals surface area contributed by atoms with Crippen LogP contribution in [0, 0.1) is 0 Å². The maximum Gasteiger partial charge on any atom is 0.0943 e. The first-order valence-electron chi connectivity index (χ1n) is 6.07. The van der Waals surface area contributed by atoms with Gasteiger partial charge in [0.1, 0.15) is 0 Å². The lowest BCUT2D eigenvalue weighted by Gasteiger charge is -2.31. The molecule has 1 aromatic heterocycles. The third kappa shape index (κ3) is 2.81. The van der Waals surface area contributed by atoms with Crippen molar-refractivity contribution in [2.45, 2.75) is 44.7 Å². The van der Waals surface area contributed by atoms with Crippen LogP contribution in [-0.2, 0) is 6.42 Å². The van der Waals surface area contributed by atoms with Gasteiger partial charge < -0.3 is 10.6 Å². The van der Waals surface area contributed by atoms with E-state index in [0.29, 0.717) is 6.04 Å². The quantitative estimate of drug-likeness (QED) is 0.879. The lowest BCUT2D eigenvalue weighted by molar-refractivity contribution is 0.184. The van der Waals surface area contributed by atoms with Gasteiger partial charge in [0.25, 0.3) is 0 Å². The van der Waals surface area contributed by atoms with E-state index in [-0.39, 0.29) is 6.04 Å². The first-order chi connectivity index (χ1) is 7.66. The van der Waals surface area contributed by atoms with Crippen molar-refractivity contribution < 1.29 is 0 Å². The lowest BCUT2D eigenvalue weighted by atomic mass is 10.0. The van der Waals surface area contributed by atoms with E-state index in [1.165, 1.54) is 35.7 Å². The van der Waals surface area contributed by atoms with Crippen LogP contribution in [0.5, 0.6) is 0 Å². The van der Waals surface area contributed by atoms with Crippen molar-refractivity contribution in [2.75, 3.05) is 13.6 Å². The SMILES string of the molecule is CC(N)c1cnc(CC2CCCCN2C)s1. The second kappa shape index (κ2) is 5.25. The van der Waals surface area contributed by atoms with Crippen LogP contribution in [0.3, 0.4) is 0 Å². The summed E-state index contributed by atoms with van der Waals surface area (Å²) in [6, 6.07) is 0.802. The van der Waals surface area contributed by atoms with Gasteiger partial charge in [0.15, 0.2) is 0 Å². The molecule has 1 saturated heterocycles. The van der Waals surface area contributed by atoms with Crippen molar-refractivity contribution in [3.05, 3.63) is 16.1 Å². The smallest absolute Gasteiger partial charge is 0.0943 e. The number of likely N-dealkylation sites (tertiary alicyclic amines) is 1. The second-order valence-electron chi connectivity index (χ2n) is 4.78. The molecule has 0 amide bonds. The molecule has 4 heteroatoms. The van der Waals surface area contributed by atoms with Crippen molar-refractivity contribution in [1.29, 1.82) is 0 Å². The molecule has 90 valence electrons. The van der Waals surface area contributed by atoms with E-state index in [1.54, 1.807) is 11.3 Å². The monoisotopic (exact) mass is 239 g/mol. The van der Waals surface area contributed by atoms with Crippen LogP contribution in [-0.4, -0.2) is 29.5 Å². The predicted molar refractivity (Wildman–Crippen MR) is 68.7 cm³/mol. The van der Waals surface area contributed by atoms with E-state index in [1.807, 2.05) is 13.1 Å². The van der Waals surface area contributed by atoms with Gasteiger partial charge in [-0.3, -0.25) is 0 Å². The van der Waals surface area contributed by atoms with Gasteiger partial charge in [-0.2, -0.15) is 0 Å². The summed E-state index contributed by atoms with van der Waals surface area (Å²) in [4.78, 5) is 8.15. The molecule has 2 unspecified atom stereocenters. The molecular weight excluding hydrogens is 218 g/mol. The Kier molecular flexibility index (Phi) is 3.95. The number of nitrogens with zero attached hydrogens (tertiary/aromatic N) is 2. The van der Waals surface area contributed by atoms with Gasteiger partial charge in [-0.25, -0.2) is 4.98 Å². The van der Waals surface area contributed by atoms with E-state index in [4.69, 9.17) is 5.73 Å². The summed E-state index contributed by atoms with van der Waals surface area (Å²) in [6.45, 7) is 3.25. The number of nitrogens with two attached hydrogens (primary N) is 1. The van der Waals surface area contributed by atoms with Crippen molar-refractivity contribution in [3.63, 3.8) is 0 Å². The van der Waals surface area contributed by atoms with Crippen molar-refractivity contribution in [2.24, 2.45) is 5.73 Å². The fraction of sp³-hybridized carbons (Fsp3) is 0.750. The van der Waals surface area contributed by atoms with Crippen LogP contribution in [0.25, 0.3) is 0 Å². The predicted octanol–water partition coefficient (Wildman–Crippen LogP) is 2.19. The third-order valence-corrected chi connectivity index (χ3v) is 4.57. The Balaban J connectivity index is 1.97. The molecule has 0 aliphatic carbocycles. The fourth-order valence-corrected chi connectivity index (χ4v) is 3.18. The average molecular weight is 239 g/mol. The Labute approximate surface area is 102 Å². The molecule has 2 N–H and O–H groups in total. The Hall–Kier alpha value is -0.450. The van der Waals surface area contributed by atoms with E-state index in [9.17, 15) is 0 Å². The number of likely N-dealkylation sites (N-methyl/N-ethyl adjacent to an activating group) is 1. The average Bonchev–Trinajstić information content (AvgIpc) is 2.70. The second-order valence-corrected chi connectivity index (χ2v) is 5.93. The summed E-state index contributed by atoms with van der Waals surface area (Å²) in [7, 11) is 2.23. The standard InChI is InChI=1S/C12H21N3S/c1-9(13)11-8-14-12(16-11)7-10-5-3-4-6-15(10)2/h8-10H,3-7,13H2,1-2H3. The molecule has 0 saturated carbocycles. The van der Waals surface area contributed by atoms with Gasteiger partial charge in [0.2, 0.25) is 0 Å². The number of thiazole rings is 1.